The van der Waals surface area contributed by atoms with Crippen molar-refractivity contribution < 1.29 is 14.3 Å². The van der Waals surface area contributed by atoms with Gasteiger partial charge in [-0.3, -0.25) is 9.59 Å². The van der Waals surface area contributed by atoms with Crippen LogP contribution in [0.3, 0.4) is 0 Å². The van der Waals surface area contributed by atoms with E-state index in [0.29, 0.717) is 28.3 Å². The molecule has 0 aliphatic heterocycles. The Kier molecular flexibility index (Phi) is 5.57. The summed E-state index contributed by atoms with van der Waals surface area (Å²) in [5.74, 6) is 0.0231. The summed E-state index contributed by atoms with van der Waals surface area (Å²) in [5, 5.41) is 3.26. The van der Waals surface area contributed by atoms with Crippen LogP contribution in [-0.4, -0.2) is 18.8 Å². The predicted molar refractivity (Wildman–Crippen MR) is 89.8 cm³/mol. The Bertz CT molecular complexity index is 719. The zero-order valence-corrected chi connectivity index (χ0v) is 14.1. The number of aryl methyl sites for hydroxylation is 1. The van der Waals surface area contributed by atoms with Crippen LogP contribution in [0, 0.1) is 6.92 Å². The number of rotatable bonds is 5. The molecule has 0 saturated carbocycles. The van der Waals surface area contributed by atoms with E-state index in [4.69, 9.17) is 16.3 Å². The highest BCUT2D eigenvalue weighted by Crippen LogP contribution is 2.22. The van der Waals surface area contributed by atoms with Crippen molar-refractivity contribution in [2.24, 2.45) is 0 Å². The van der Waals surface area contributed by atoms with Crippen molar-refractivity contribution in [3.8, 4) is 5.75 Å². The molecule has 22 heavy (non-hydrogen) atoms. The zero-order chi connectivity index (χ0) is 16.1. The zero-order valence-electron chi connectivity index (χ0n) is 11.7. The Hall–Kier alpha value is -1.85. The van der Waals surface area contributed by atoms with Crippen LogP contribution in [0.5, 0.6) is 5.75 Å². The van der Waals surface area contributed by atoms with Crippen LogP contribution < -0.4 is 10.1 Å². The van der Waals surface area contributed by atoms with E-state index < -0.39 is 0 Å². The highest BCUT2D eigenvalue weighted by Gasteiger charge is 2.08. The van der Waals surface area contributed by atoms with Crippen LogP contribution in [0.4, 0.5) is 5.69 Å². The molecule has 1 amide bonds. The lowest BCUT2D eigenvalue weighted by atomic mass is 10.2. The van der Waals surface area contributed by atoms with E-state index in [9.17, 15) is 9.59 Å². The summed E-state index contributed by atoms with van der Waals surface area (Å²) in [7, 11) is 0. The molecule has 2 aromatic rings. The fraction of sp³-hybridized carbons (Fsp3) is 0.125. The molecule has 0 aliphatic carbocycles. The number of aldehydes is 1. The van der Waals surface area contributed by atoms with Crippen LogP contribution in [0.1, 0.15) is 15.9 Å². The average Bonchev–Trinajstić information content (AvgIpc) is 2.49. The van der Waals surface area contributed by atoms with Gasteiger partial charge in [0.1, 0.15) is 5.75 Å². The molecule has 4 nitrogen and oxygen atoms in total. The molecule has 2 rings (SSSR count). The first-order chi connectivity index (χ1) is 10.5. The maximum Gasteiger partial charge on any atom is 0.262 e. The van der Waals surface area contributed by atoms with Crippen LogP contribution in [0.25, 0.3) is 0 Å². The molecule has 0 bridgehead atoms. The minimum atomic E-state index is -0.334. The highest BCUT2D eigenvalue weighted by molar-refractivity contribution is 9.10. The van der Waals surface area contributed by atoms with Gasteiger partial charge < -0.3 is 10.1 Å². The number of anilines is 1. The Morgan fingerprint density at radius 3 is 2.77 bits per heavy atom. The number of amides is 1. The molecular formula is C16H13BrClNO3. The van der Waals surface area contributed by atoms with Crippen molar-refractivity contribution in [2.75, 3.05) is 11.9 Å². The second-order valence-electron chi connectivity index (χ2n) is 4.60. The van der Waals surface area contributed by atoms with E-state index in [-0.39, 0.29) is 12.5 Å². The molecule has 6 heteroatoms. The number of carbonyl (C=O) groups excluding carboxylic acids is 2. The lowest BCUT2D eigenvalue weighted by molar-refractivity contribution is -0.118. The van der Waals surface area contributed by atoms with Crippen molar-refractivity contribution in [1.29, 1.82) is 0 Å². The number of hydrogen-bond acceptors (Lipinski definition) is 3. The number of ether oxygens (including phenoxy) is 1. The monoisotopic (exact) mass is 381 g/mol. The van der Waals surface area contributed by atoms with Crippen LogP contribution in [0.15, 0.2) is 40.9 Å². The highest BCUT2D eigenvalue weighted by atomic mass is 79.9. The van der Waals surface area contributed by atoms with Gasteiger partial charge in [-0.1, -0.05) is 33.6 Å². The lowest BCUT2D eigenvalue weighted by Crippen LogP contribution is -2.20. The Labute approximate surface area is 141 Å². The number of nitrogens with one attached hydrogen (secondary N) is 1. The number of carbonyl (C=O) groups is 2. The molecular weight excluding hydrogens is 370 g/mol. The standard InChI is InChI=1S/C16H13BrClNO3/c1-10-2-4-13(7-14(10)18)19-16(21)9-22-15-5-3-12(17)6-11(15)8-20/h2-8H,9H2,1H3,(H,19,21). The first kappa shape index (κ1) is 16.5. The second kappa shape index (κ2) is 7.42. The van der Waals surface area contributed by atoms with E-state index in [1.54, 1.807) is 30.3 Å². The van der Waals surface area contributed by atoms with Gasteiger partial charge in [0.2, 0.25) is 0 Å². The van der Waals surface area contributed by atoms with Crippen LogP contribution >= 0.6 is 27.5 Å². The summed E-state index contributed by atoms with van der Waals surface area (Å²) in [6, 6.07) is 10.2. The topological polar surface area (TPSA) is 55.4 Å². The first-order valence-corrected chi connectivity index (χ1v) is 7.60. The van der Waals surface area contributed by atoms with E-state index in [1.807, 2.05) is 13.0 Å². The lowest BCUT2D eigenvalue weighted by Gasteiger charge is -2.10. The quantitative estimate of drug-likeness (QED) is 0.787. The van der Waals surface area contributed by atoms with Gasteiger partial charge in [-0.25, -0.2) is 0 Å². The molecule has 0 unspecified atom stereocenters. The van der Waals surface area contributed by atoms with Crippen LogP contribution in [-0.2, 0) is 4.79 Å². The maximum absolute atomic E-state index is 11.9. The third kappa shape index (κ3) is 4.32. The second-order valence-corrected chi connectivity index (χ2v) is 5.92. The summed E-state index contributed by atoms with van der Waals surface area (Å²) >= 11 is 9.27. The minimum Gasteiger partial charge on any atom is -0.483 e. The maximum atomic E-state index is 11.9. The van der Waals surface area contributed by atoms with Gasteiger partial charge in [0.25, 0.3) is 5.91 Å². The largest absolute Gasteiger partial charge is 0.483 e. The number of benzene rings is 2. The first-order valence-electron chi connectivity index (χ1n) is 6.43. The van der Waals surface area contributed by atoms with E-state index in [1.165, 1.54) is 0 Å². The molecule has 0 atom stereocenters. The third-order valence-electron chi connectivity index (χ3n) is 2.91. The molecule has 0 spiro atoms. The molecule has 0 saturated heterocycles. The van der Waals surface area contributed by atoms with Crippen molar-refractivity contribution in [1.82, 2.24) is 0 Å². The molecule has 1 N–H and O–H groups in total. The fourth-order valence-corrected chi connectivity index (χ4v) is 2.31. The van der Waals surface area contributed by atoms with Gasteiger partial charge in [-0.15, -0.1) is 0 Å². The molecule has 2 aromatic carbocycles. The van der Waals surface area contributed by atoms with Gasteiger partial charge in [-0.2, -0.15) is 0 Å². The van der Waals surface area contributed by atoms with Crippen molar-refractivity contribution in [3.63, 3.8) is 0 Å². The third-order valence-corrected chi connectivity index (χ3v) is 3.81. The SMILES string of the molecule is Cc1ccc(NC(=O)COc2ccc(Br)cc2C=O)cc1Cl. The van der Waals surface area contributed by atoms with Gasteiger partial charge in [0, 0.05) is 15.2 Å². The summed E-state index contributed by atoms with van der Waals surface area (Å²) < 4.78 is 6.14. The summed E-state index contributed by atoms with van der Waals surface area (Å²) in [6.45, 7) is 1.68. The summed E-state index contributed by atoms with van der Waals surface area (Å²) in [4.78, 5) is 22.8. The van der Waals surface area contributed by atoms with E-state index >= 15 is 0 Å². The molecule has 0 fully saturated rings. The van der Waals surface area contributed by atoms with Crippen molar-refractivity contribution >= 4 is 45.4 Å². The molecule has 0 heterocycles. The van der Waals surface area contributed by atoms with Gasteiger partial charge >= 0.3 is 0 Å². The number of halogens is 2. The average molecular weight is 383 g/mol. The molecule has 114 valence electrons. The Morgan fingerprint density at radius 1 is 1.32 bits per heavy atom. The fourth-order valence-electron chi connectivity index (χ4n) is 1.75. The predicted octanol–water partition coefficient (Wildman–Crippen LogP) is 4.24. The van der Waals surface area contributed by atoms with Crippen LogP contribution in [0.2, 0.25) is 5.02 Å². The molecule has 0 radical (unpaired) electrons. The summed E-state index contributed by atoms with van der Waals surface area (Å²) in [6.07, 6.45) is 0.678. The van der Waals surface area contributed by atoms with Crippen molar-refractivity contribution in [3.05, 3.63) is 57.0 Å². The van der Waals surface area contributed by atoms with Gasteiger partial charge in [0.05, 0.1) is 5.56 Å². The Morgan fingerprint density at radius 2 is 2.09 bits per heavy atom. The van der Waals surface area contributed by atoms with E-state index in [2.05, 4.69) is 21.2 Å². The van der Waals surface area contributed by atoms with Gasteiger partial charge in [0.15, 0.2) is 12.9 Å². The summed E-state index contributed by atoms with van der Waals surface area (Å²) in [5.41, 5.74) is 1.90. The number of hydrogen-bond donors (Lipinski definition) is 1. The molecule has 0 aromatic heterocycles. The molecule has 0 aliphatic rings. The minimum absolute atomic E-state index is 0.200. The smallest absolute Gasteiger partial charge is 0.262 e. The van der Waals surface area contributed by atoms with Gasteiger partial charge in [-0.05, 0) is 42.8 Å². The Balaban J connectivity index is 1.98. The van der Waals surface area contributed by atoms with Crippen molar-refractivity contribution in [2.45, 2.75) is 6.92 Å². The normalized spacial score (nSPS) is 10.1. The van der Waals surface area contributed by atoms with E-state index in [0.717, 1.165) is 10.0 Å².